The molecule has 0 saturated heterocycles. The van der Waals surface area contributed by atoms with E-state index in [1.807, 2.05) is 37.3 Å². The van der Waals surface area contributed by atoms with E-state index in [-0.39, 0.29) is 5.56 Å². The third kappa shape index (κ3) is 3.75. The van der Waals surface area contributed by atoms with Gasteiger partial charge in [0.1, 0.15) is 24.7 Å². The Bertz CT molecular complexity index is 578. The molecule has 0 fully saturated rings. The number of benzene rings is 2. The largest absolute Gasteiger partial charge is 0.490 e. The monoisotopic (exact) mass is 272 g/mol. The second-order valence-corrected chi connectivity index (χ2v) is 4.30. The van der Waals surface area contributed by atoms with E-state index in [9.17, 15) is 4.79 Å². The van der Waals surface area contributed by atoms with Gasteiger partial charge in [-0.2, -0.15) is 0 Å². The van der Waals surface area contributed by atoms with Gasteiger partial charge >= 0.3 is 5.97 Å². The molecule has 0 aliphatic rings. The third-order valence-corrected chi connectivity index (χ3v) is 2.79. The number of aryl methyl sites for hydroxylation is 1. The number of carboxylic acids is 1. The number of aromatic carboxylic acids is 1. The van der Waals surface area contributed by atoms with Gasteiger partial charge in [0.05, 0.1) is 5.56 Å². The third-order valence-electron chi connectivity index (χ3n) is 2.79. The molecule has 0 heterocycles. The number of hydrogen-bond acceptors (Lipinski definition) is 3. The van der Waals surface area contributed by atoms with Crippen LogP contribution in [-0.2, 0) is 0 Å². The number of ether oxygens (including phenoxy) is 2. The van der Waals surface area contributed by atoms with Crippen LogP contribution >= 0.6 is 0 Å². The number of hydrogen-bond donors (Lipinski definition) is 1. The zero-order chi connectivity index (χ0) is 14.4. The summed E-state index contributed by atoms with van der Waals surface area (Å²) in [5.41, 5.74) is 1.12. The van der Waals surface area contributed by atoms with E-state index in [1.165, 1.54) is 6.07 Å². The maximum atomic E-state index is 10.9. The highest BCUT2D eigenvalue weighted by Gasteiger charge is 2.07. The molecule has 20 heavy (non-hydrogen) atoms. The average Bonchev–Trinajstić information content (AvgIpc) is 2.46. The molecule has 2 aromatic carbocycles. The van der Waals surface area contributed by atoms with Crippen LogP contribution in [-0.4, -0.2) is 24.3 Å². The first-order valence-corrected chi connectivity index (χ1v) is 6.31. The molecule has 0 aliphatic heterocycles. The van der Waals surface area contributed by atoms with Crippen molar-refractivity contribution in [3.05, 3.63) is 59.7 Å². The number of carboxylic acid groups (broad SMARTS) is 1. The highest BCUT2D eigenvalue weighted by atomic mass is 16.5. The molecule has 1 N–H and O–H groups in total. The Labute approximate surface area is 117 Å². The minimum absolute atomic E-state index is 0.217. The molecule has 2 rings (SSSR count). The van der Waals surface area contributed by atoms with Crippen LogP contribution in [0.4, 0.5) is 0 Å². The van der Waals surface area contributed by atoms with E-state index in [1.54, 1.807) is 12.1 Å². The van der Waals surface area contributed by atoms with E-state index in [4.69, 9.17) is 14.6 Å². The van der Waals surface area contributed by atoms with Crippen molar-refractivity contribution in [3.63, 3.8) is 0 Å². The summed E-state index contributed by atoms with van der Waals surface area (Å²) in [6.45, 7) is 2.64. The van der Waals surface area contributed by atoms with Crippen molar-refractivity contribution in [2.75, 3.05) is 13.2 Å². The number of para-hydroxylation sites is 1. The summed E-state index contributed by atoms with van der Waals surface area (Å²) in [5, 5.41) is 8.94. The van der Waals surface area contributed by atoms with Gasteiger partial charge in [0, 0.05) is 0 Å². The Balaban J connectivity index is 1.88. The Morgan fingerprint density at radius 2 is 1.75 bits per heavy atom. The van der Waals surface area contributed by atoms with Crippen LogP contribution in [0.5, 0.6) is 11.5 Å². The Kier molecular flexibility index (Phi) is 4.60. The van der Waals surface area contributed by atoms with Gasteiger partial charge < -0.3 is 14.6 Å². The van der Waals surface area contributed by atoms with Gasteiger partial charge in [0.2, 0.25) is 0 Å². The summed E-state index contributed by atoms with van der Waals surface area (Å²) in [4.78, 5) is 10.9. The van der Waals surface area contributed by atoms with Crippen LogP contribution in [0.25, 0.3) is 0 Å². The Hall–Kier alpha value is -2.49. The van der Waals surface area contributed by atoms with Crippen molar-refractivity contribution in [3.8, 4) is 11.5 Å². The van der Waals surface area contributed by atoms with Crippen LogP contribution in [0, 0.1) is 6.92 Å². The summed E-state index contributed by atoms with van der Waals surface area (Å²) in [6.07, 6.45) is 0. The minimum Gasteiger partial charge on any atom is -0.490 e. The highest BCUT2D eigenvalue weighted by Crippen LogP contribution is 2.19. The van der Waals surface area contributed by atoms with Gasteiger partial charge in [-0.3, -0.25) is 0 Å². The first kappa shape index (κ1) is 13.9. The molecular weight excluding hydrogens is 256 g/mol. The van der Waals surface area contributed by atoms with E-state index >= 15 is 0 Å². The number of carbonyl (C=O) groups is 1. The lowest BCUT2D eigenvalue weighted by atomic mass is 10.1. The quantitative estimate of drug-likeness (QED) is 0.821. The van der Waals surface area contributed by atoms with Crippen molar-refractivity contribution in [2.45, 2.75) is 6.92 Å². The SMILES string of the molecule is Cc1ccc(C(=O)O)cc1OCCOc1ccccc1. The van der Waals surface area contributed by atoms with Crippen LogP contribution in [0.15, 0.2) is 48.5 Å². The summed E-state index contributed by atoms with van der Waals surface area (Å²) in [7, 11) is 0. The van der Waals surface area contributed by atoms with Gasteiger partial charge in [-0.25, -0.2) is 4.79 Å². The van der Waals surface area contributed by atoms with Crippen LogP contribution in [0.2, 0.25) is 0 Å². The fourth-order valence-electron chi connectivity index (χ4n) is 1.72. The van der Waals surface area contributed by atoms with E-state index in [0.29, 0.717) is 19.0 Å². The molecule has 0 atom stereocenters. The van der Waals surface area contributed by atoms with Crippen molar-refractivity contribution >= 4 is 5.97 Å². The second kappa shape index (κ2) is 6.61. The van der Waals surface area contributed by atoms with Gasteiger partial charge in [-0.05, 0) is 36.8 Å². The topological polar surface area (TPSA) is 55.8 Å². The van der Waals surface area contributed by atoms with Crippen LogP contribution in [0.3, 0.4) is 0 Å². The highest BCUT2D eigenvalue weighted by molar-refractivity contribution is 5.88. The molecule has 0 aromatic heterocycles. The fourth-order valence-corrected chi connectivity index (χ4v) is 1.72. The predicted molar refractivity (Wildman–Crippen MR) is 75.6 cm³/mol. The lowest BCUT2D eigenvalue weighted by Gasteiger charge is -2.11. The average molecular weight is 272 g/mol. The molecule has 104 valence electrons. The van der Waals surface area contributed by atoms with Crippen LogP contribution < -0.4 is 9.47 Å². The zero-order valence-corrected chi connectivity index (χ0v) is 11.2. The van der Waals surface area contributed by atoms with Crippen LogP contribution in [0.1, 0.15) is 15.9 Å². The molecule has 4 nitrogen and oxygen atoms in total. The predicted octanol–water partition coefficient (Wildman–Crippen LogP) is 3.15. The van der Waals surface area contributed by atoms with Gasteiger partial charge in [0.25, 0.3) is 0 Å². The number of rotatable bonds is 6. The first-order chi connectivity index (χ1) is 9.66. The smallest absolute Gasteiger partial charge is 0.335 e. The second-order valence-electron chi connectivity index (χ2n) is 4.30. The van der Waals surface area contributed by atoms with Gasteiger partial charge in [0.15, 0.2) is 0 Å². The molecule has 0 saturated carbocycles. The normalized spacial score (nSPS) is 10.1. The maximum Gasteiger partial charge on any atom is 0.335 e. The minimum atomic E-state index is -0.963. The standard InChI is InChI=1S/C16H16O4/c1-12-7-8-13(16(17)18)11-15(12)20-10-9-19-14-5-3-2-4-6-14/h2-8,11H,9-10H2,1H3,(H,17,18). The summed E-state index contributed by atoms with van der Waals surface area (Å²) >= 11 is 0. The summed E-state index contributed by atoms with van der Waals surface area (Å²) in [6, 6.07) is 14.3. The zero-order valence-electron chi connectivity index (χ0n) is 11.2. The molecule has 0 bridgehead atoms. The molecule has 0 aliphatic carbocycles. The van der Waals surface area contributed by atoms with Gasteiger partial charge in [-0.15, -0.1) is 0 Å². The lowest BCUT2D eigenvalue weighted by molar-refractivity contribution is 0.0696. The van der Waals surface area contributed by atoms with Crippen molar-refractivity contribution in [2.24, 2.45) is 0 Å². The summed E-state index contributed by atoms with van der Waals surface area (Å²) in [5.74, 6) is 0.393. The van der Waals surface area contributed by atoms with Crippen molar-refractivity contribution in [1.29, 1.82) is 0 Å². The van der Waals surface area contributed by atoms with E-state index in [2.05, 4.69) is 0 Å². The van der Waals surface area contributed by atoms with Crippen molar-refractivity contribution < 1.29 is 19.4 Å². The van der Waals surface area contributed by atoms with E-state index < -0.39 is 5.97 Å². The molecule has 4 heteroatoms. The first-order valence-electron chi connectivity index (χ1n) is 6.31. The Morgan fingerprint density at radius 1 is 1.05 bits per heavy atom. The Morgan fingerprint density at radius 3 is 2.45 bits per heavy atom. The molecule has 0 spiro atoms. The molecule has 2 aromatic rings. The fraction of sp³-hybridized carbons (Fsp3) is 0.188. The van der Waals surface area contributed by atoms with Crippen molar-refractivity contribution in [1.82, 2.24) is 0 Å². The van der Waals surface area contributed by atoms with E-state index in [0.717, 1.165) is 11.3 Å². The molecular formula is C16H16O4. The molecule has 0 amide bonds. The molecule has 0 unspecified atom stereocenters. The van der Waals surface area contributed by atoms with Gasteiger partial charge in [-0.1, -0.05) is 24.3 Å². The molecule has 0 radical (unpaired) electrons. The maximum absolute atomic E-state index is 10.9. The summed E-state index contributed by atoms with van der Waals surface area (Å²) < 4.78 is 11.1. The lowest BCUT2D eigenvalue weighted by Crippen LogP contribution is -2.10.